The Morgan fingerprint density at radius 3 is 2.52 bits per heavy atom. The molecule has 2 fully saturated rings. The lowest BCUT2D eigenvalue weighted by molar-refractivity contribution is -0.342. The number of ether oxygens (including phenoxy) is 4. The molecule has 27 heavy (non-hydrogen) atoms. The first-order valence-corrected chi connectivity index (χ1v) is 8.88. The van der Waals surface area contributed by atoms with E-state index >= 15 is 0 Å². The van der Waals surface area contributed by atoms with Crippen molar-refractivity contribution in [2.75, 3.05) is 13.7 Å². The predicted octanol–water partition coefficient (Wildman–Crippen LogP) is -2.15. The van der Waals surface area contributed by atoms with Crippen LogP contribution in [0.15, 0.2) is 11.8 Å². The van der Waals surface area contributed by atoms with Gasteiger partial charge in [-0.05, 0) is 12.3 Å². The number of rotatable bonds is 4. The molecular weight excluding hydrogens is 364 g/mol. The monoisotopic (exact) mass is 390 g/mol. The van der Waals surface area contributed by atoms with Crippen LogP contribution in [0.25, 0.3) is 0 Å². The van der Waals surface area contributed by atoms with Crippen molar-refractivity contribution in [2.45, 2.75) is 56.4 Å². The van der Waals surface area contributed by atoms with Gasteiger partial charge in [0.1, 0.15) is 24.4 Å². The van der Waals surface area contributed by atoms with E-state index in [1.807, 2.05) is 0 Å². The van der Waals surface area contributed by atoms with Crippen LogP contribution >= 0.6 is 0 Å². The molecule has 1 aliphatic carbocycles. The summed E-state index contributed by atoms with van der Waals surface area (Å²) in [6, 6.07) is 0. The van der Waals surface area contributed by atoms with Crippen LogP contribution in [0.2, 0.25) is 0 Å². The molecular formula is C17H26O10. The van der Waals surface area contributed by atoms with Crippen LogP contribution < -0.4 is 0 Å². The van der Waals surface area contributed by atoms with E-state index in [-0.39, 0.29) is 11.8 Å². The minimum Gasteiger partial charge on any atom is -0.472 e. The lowest BCUT2D eigenvalue weighted by Gasteiger charge is -2.43. The summed E-state index contributed by atoms with van der Waals surface area (Å²) in [7, 11) is 1.25. The summed E-state index contributed by atoms with van der Waals surface area (Å²) in [6.07, 6.45) is -7.25. The highest BCUT2D eigenvalue weighted by atomic mass is 16.8. The van der Waals surface area contributed by atoms with E-state index in [0.717, 1.165) is 0 Å². The number of fused-ring (bicyclic) bond motifs is 1. The van der Waals surface area contributed by atoms with Crippen LogP contribution in [0.5, 0.6) is 0 Å². The maximum atomic E-state index is 12.0. The molecule has 0 aromatic rings. The van der Waals surface area contributed by atoms with Crippen molar-refractivity contribution in [3.05, 3.63) is 11.8 Å². The number of carbonyl (C=O) groups excluding carboxylic acids is 1. The maximum Gasteiger partial charge on any atom is 0.337 e. The molecule has 2 heterocycles. The van der Waals surface area contributed by atoms with E-state index in [1.165, 1.54) is 13.4 Å². The predicted molar refractivity (Wildman–Crippen MR) is 86.6 cm³/mol. The summed E-state index contributed by atoms with van der Waals surface area (Å²) in [5.41, 5.74) is 0.291. The van der Waals surface area contributed by atoms with Crippen LogP contribution in [-0.4, -0.2) is 88.3 Å². The van der Waals surface area contributed by atoms with Crippen LogP contribution in [0.3, 0.4) is 0 Å². The zero-order valence-corrected chi connectivity index (χ0v) is 15.0. The molecule has 0 unspecified atom stereocenters. The van der Waals surface area contributed by atoms with Crippen LogP contribution in [0.1, 0.15) is 13.3 Å². The molecule has 2 aliphatic heterocycles. The van der Waals surface area contributed by atoms with Gasteiger partial charge in [-0.1, -0.05) is 6.92 Å². The fourth-order valence-electron chi connectivity index (χ4n) is 4.10. The second-order valence-corrected chi connectivity index (χ2v) is 7.25. The largest absolute Gasteiger partial charge is 0.472 e. The van der Waals surface area contributed by atoms with Crippen LogP contribution in [-0.2, 0) is 23.7 Å². The van der Waals surface area contributed by atoms with Crippen molar-refractivity contribution in [1.29, 1.82) is 0 Å². The normalized spacial score (nSPS) is 47.0. The number of hydrogen-bond acceptors (Lipinski definition) is 10. The van der Waals surface area contributed by atoms with Gasteiger partial charge < -0.3 is 44.5 Å². The van der Waals surface area contributed by atoms with Gasteiger partial charge >= 0.3 is 5.97 Å². The van der Waals surface area contributed by atoms with Crippen molar-refractivity contribution in [1.82, 2.24) is 0 Å². The minimum atomic E-state index is -1.58. The Morgan fingerprint density at radius 1 is 1.19 bits per heavy atom. The number of hydrogen-bond donors (Lipinski definition) is 5. The molecule has 5 N–H and O–H groups in total. The minimum absolute atomic E-state index is 0.279. The molecule has 0 aromatic heterocycles. The molecule has 0 bridgehead atoms. The fourth-order valence-corrected chi connectivity index (χ4v) is 4.10. The van der Waals surface area contributed by atoms with Crippen molar-refractivity contribution in [2.24, 2.45) is 17.8 Å². The van der Waals surface area contributed by atoms with Crippen molar-refractivity contribution in [3.63, 3.8) is 0 Å². The van der Waals surface area contributed by atoms with Gasteiger partial charge in [-0.2, -0.15) is 0 Å². The third-order valence-corrected chi connectivity index (χ3v) is 5.75. The van der Waals surface area contributed by atoms with Gasteiger partial charge in [-0.3, -0.25) is 0 Å². The molecule has 154 valence electrons. The lowest BCUT2D eigenvalue weighted by atomic mass is 9.83. The molecule has 1 saturated heterocycles. The SMILES string of the molecule is COC(=O)C1=CO[C@@H](O[C@H]2O[C@H](CO)[C@@H](O)[C@H](O)[C@H]2O)[C@@H]2[C@@H](C)[C@H](O)C[C@H]12. The first-order chi connectivity index (χ1) is 12.8. The van der Waals surface area contributed by atoms with Crippen molar-refractivity contribution < 1.29 is 49.3 Å². The molecule has 10 heteroatoms. The lowest BCUT2D eigenvalue weighted by Crippen LogP contribution is -2.60. The average Bonchev–Trinajstić information content (AvgIpc) is 2.96. The first kappa shape index (κ1) is 20.5. The highest BCUT2D eigenvalue weighted by Gasteiger charge is 2.53. The number of carbonyl (C=O) groups is 1. The van der Waals surface area contributed by atoms with Gasteiger partial charge in [0.05, 0.1) is 31.7 Å². The molecule has 0 spiro atoms. The summed E-state index contributed by atoms with van der Waals surface area (Å²) < 4.78 is 21.4. The van der Waals surface area contributed by atoms with E-state index in [2.05, 4.69) is 0 Å². The van der Waals surface area contributed by atoms with Gasteiger partial charge in [0.2, 0.25) is 6.29 Å². The van der Waals surface area contributed by atoms with Gasteiger partial charge in [0, 0.05) is 11.8 Å². The number of methoxy groups -OCH3 is 1. The summed E-state index contributed by atoms with van der Waals surface area (Å²) in [5.74, 6) is -1.63. The second kappa shape index (κ2) is 8.00. The summed E-state index contributed by atoms with van der Waals surface area (Å²) in [5, 5.41) is 49.4. The highest BCUT2D eigenvalue weighted by molar-refractivity contribution is 5.89. The van der Waals surface area contributed by atoms with E-state index in [4.69, 9.17) is 18.9 Å². The van der Waals surface area contributed by atoms with Gasteiger partial charge in [-0.15, -0.1) is 0 Å². The van der Waals surface area contributed by atoms with E-state index in [9.17, 15) is 30.3 Å². The molecule has 0 amide bonds. The maximum absolute atomic E-state index is 12.0. The van der Waals surface area contributed by atoms with Crippen LogP contribution in [0, 0.1) is 17.8 Å². The van der Waals surface area contributed by atoms with E-state index < -0.39 is 61.6 Å². The Morgan fingerprint density at radius 2 is 1.89 bits per heavy atom. The Labute approximate surface area is 155 Å². The Kier molecular flexibility index (Phi) is 6.06. The number of aliphatic hydroxyl groups is 5. The molecule has 3 rings (SSSR count). The zero-order valence-electron chi connectivity index (χ0n) is 15.0. The smallest absolute Gasteiger partial charge is 0.337 e. The molecule has 3 aliphatic rings. The standard InChI is InChI=1S/C17H26O10/c1-6-9(19)3-7-8(15(23)24-2)5-25-16(11(6)7)27-17-14(22)13(21)12(20)10(4-18)26-17/h5-7,9-14,16-22H,3-4H2,1-2H3/t6-,7+,9+,10+,11+,12+,13-,14+,16-,17+/m0/s1. The molecule has 10 atom stereocenters. The van der Waals surface area contributed by atoms with Crippen LogP contribution in [0.4, 0.5) is 0 Å². The summed E-state index contributed by atoms with van der Waals surface area (Å²) in [6.45, 7) is 1.21. The van der Waals surface area contributed by atoms with Gasteiger partial charge in [0.25, 0.3) is 0 Å². The zero-order chi connectivity index (χ0) is 19.9. The van der Waals surface area contributed by atoms with E-state index in [0.29, 0.717) is 12.0 Å². The van der Waals surface area contributed by atoms with E-state index in [1.54, 1.807) is 6.92 Å². The Hall–Kier alpha value is -1.27. The summed E-state index contributed by atoms with van der Waals surface area (Å²) >= 11 is 0. The second-order valence-electron chi connectivity index (χ2n) is 7.25. The third kappa shape index (κ3) is 3.58. The molecule has 0 radical (unpaired) electrons. The Balaban J connectivity index is 1.80. The van der Waals surface area contributed by atoms with Crippen molar-refractivity contribution in [3.8, 4) is 0 Å². The molecule has 0 aromatic carbocycles. The average molecular weight is 390 g/mol. The third-order valence-electron chi connectivity index (χ3n) is 5.75. The number of esters is 1. The first-order valence-electron chi connectivity index (χ1n) is 8.88. The van der Waals surface area contributed by atoms with Gasteiger partial charge in [0.15, 0.2) is 6.29 Å². The topological polar surface area (TPSA) is 155 Å². The Bertz CT molecular complexity index is 578. The molecule has 10 nitrogen and oxygen atoms in total. The number of aliphatic hydroxyl groups excluding tert-OH is 5. The fraction of sp³-hybridized carbons (Fsp3) is 0.824. The van der Waals surface area contributed by atoms with Crippen molar-refractivity contribution >= 4 is 5.97 Å². The quantitative estimate of drug-likeness (QED) is 0.336. The highest BCUT2D eigenvalue weighted by Crippen LogP contribution is 2.47. The summed E-state index contributed by atoms with van der Waals surface area (Å²) in [4.78, 5) is 12.0. The van der Waals surface area contributed by atoms with Gasteiger partial charge in [-0.25, -0.2) is 4.79 Å². The molecule has 1 saturated carbocycles.